The molecule has 0 nitrogen and oxygen atoms in total. The Hall–Kier alpha value is 0. The lowest BCUT2D eigenvalue weighted by molar-refractivity contribution is -0.0118. The van der Waals surface area contributed by atoms with Gasteiger partial charge in [-0.05, 0) is 92.3 Å². The maximum atomic E-state index is 2.57. The van der Waals surface area contributed by atoms with Crippen LogP contribution in [0.15, 0.2) is 0 Å². The summed E-state index contributed by atoms with van der Waals surface area (Å²) in [4.78, 5) is 0. The summed E-state index contributed by atoms with van der Waals surface area (Å²) in [6, 6.07) is 0. The first-order valence-corrected chi connectivity index (χ1v) is 11.3. The molecule has 0 aromatic heterocycles. The summed E-state index contributed by atoms with van der Waals surface area (Å²) in [5.41, 5.74) is 0.716. The summed E-state index contributed by atoms with van der Waals surface area (Å²) >= 11 is 0. The van der Waals surface area contributed by atoms with Crippen LogP contribution in [0.2, 0.25) is 0 Å². The highest BCUT2D eigenvalue weighted by Gasteiger charge is 2.54. The number of hydrogen-bond acceptors (Lipinski definition) is 0. The van der Waals surface area contributed by atoms with Crippen molar-refractivity contribution < 1.29 is 0 Å². The molecule has 0 heteroatoms. The lowest BCUT2D eigenvalue weighted by Gasteiger charge is -2.50. The minimum Gasteiger partial charge on any atom is -0.0648 e. The van der Waals surface area contributed by atoms with Gasteiger partial charge in [0, 0.05) is 0 Å². The number of hydrogen-bond donors (Lipinski definition) is 0. The Morgan fingerprint density at radius 1 is 0.565 bits per heavy atom. The lowest BCUT2D eigenvalue weighted by Crippen LogP contribution is -2.43. The van der Waals surface area contributed by atoms with Gasteiger partial charge in [0.25, 0.3) is 0 Å². The summed E-state index contributed by atoms with van der Waals surface area (Å²) in [6.45, 7) is 5.13. The summed E-state index contributed by atoms with van der Waals surface area (Å²) < 4.78 is 0. The van der Waals surface area contributed by atoms with E-state index in [4.69, 9.17) is 0 Å². The Morgan fingerprint density at radius 3 is 1.43 bits per heavy atom. The van der Waals surface area contributed by atoms with Crippen molar-refractivity contribution in [1.29, 1.82) is 0 Å². The number of rotatable bonds is 4. The van der Waals surface area contributed by atoms with E-state index in [1.165, 1.54) is 38.5 Å². The third kappa shape index (κ3) is 2.62. The Morgan fingerprint density at radius 2 is 1.00 bits per heavy atom. The summed E-state index contributed by atoms with van der Waals surface area (Å²) in [5, 5.41) is 0. The normalized spacial score (nSPS) is 44.1. The highest BCUT2D eigenvalue weighted by Crippen LogP contribution is 2.63. The molecule has 0 aromatic rings. The van der Waals surface area contributed by atoms with Crippen molar-refractivity contribution in [2.24, 2.45) is 40.9 Å². The van der Waals surface area contributed by atoms with E-state index >= 15 is 0 Å². The first-order valence-electron chi connectivity index (χ1n) is 11.3. The smallest absolute Gasteiger partial charge is 0.0241 e. The van der Waals surface area contributed by atoms with Crippen molar-refractivity contribution in [2.75, 3.05) is 0 Å². The molecule has 23 heavy (non-hydrogen) atoms. The van der Waals surface area contributed by atoms with Crippen LogP contribution in [-0.2, 0) is 0 Å². The van der Waals surface area contributed by atoms with Gasteiger partial charge in [0.1, 0.15) is 0 Å². The quantitative estimate of drug-likeness (QED) is 0.513. The molecule has 4 fully saturated rings. The molecular formula is C23H40. The van der Waals surface area contributed by atoms with E-state index in [2.05, 4.69) is 13.8 Å². The molecular weight excluding hydrogens is 276 g/mol. The van der Waals surface area contributed by atoms with Crippen molar-refractivity contribution in [2.45, 2.75) is 104 Å². The zero-order chi connectivity index (χ0) is 15.9. The standard InChI is InChI=1S/C23H40/c1-3-23(4-2,21-15-13-17-9-5-7-11-19(17)21)22-16-14-18-10-6-8-12-20(18)22/h17-22H,3-16H2,1-2H3/t17?,18?,19?,20?,21-,22+. The van der Waals surface area contributed by atoms with Crippen LogP contribution in [0.1, 0.15) is 104 Å². The number of fused-ring (bicyclic) bond motifs is 2. The van der Waals surface area contributed by atoms with Gasteiger partial charge in [-0.1, -0.05) is 52.4 Å². The molecule has 4 aliphatic rings. The second-order valence-corrected chi connectivity index (χ2v) is 9.72. The van der Waals surface area contributed by atoms with Crippen LogP contribution in [-0.4, -0.2) is 0 Å². The SMILES string of the molecule is CCC(CC)([C@@H]1CCC2CCCCC21)[C@H]1CCC2CCCCC21. The van der Waals surface area contributed by atoms with Crippen LogP contribution in [0.4, 0.5) is 0 Å². The van der Waals surface area contributed by atoms with Crippen LogP contribution < -0.4 is 0 Å². The predicted molar refractivity (Wildman–Crippen MR) is 99.4 cm³/mol. The van der Waals surface area contributed by atoms with Crippen LogP contribution in [0.3, 0.4) is 0 Å². The molecule has 0 aliphatic heterocycles. The maximum Gasteiger partial charge on any atom is -0.0241 e. The average Bonchev–Trinajstić information content (AvgIpc) is 3.23. The largest absolute Gasteiger partial charge is 0.0648 e. The van der Waals surface area contributed by atoms with Gasteiger partial charge < -0.3 is 0 Å². The first-order chi connectivity index (χ1) is 11.3. The topological polar surface area (TPSA) is 0 Å². The maximum absolute atomic E-state index is 2.57. The molecule has 0 spiro atoms. The molecule has 0 bridgehead atoms. The van der Waals surface area contributed by atoms with E-state index in [9.17, 15) is 0 Å². The second kappa shape index (κ2) is 6.72. The monoisotopic (exact) mass is 316 g/mol. The Bertz CT molecular complexity index is 359. The summed E-state index contributed by atoms with van der Waals surface area (Å²) in [6.07, 6.45) is 21.7. The molecule has 0 amide bonds. The molecule has 4 rings (SSSR count). The fourth-order valence-electron chi connectivity index (χ4n) is 8.47. The zero-order valence-electron chi connectivity index (χ0n) is 15.9. The van der Waals surface area contributed by atoms with Gasteiger partial charge in [0.05, 0.1) is 0 Å². The van der Waals surface area contributed by atoms with Crippen molar-refractivity contribution in [3.8, 4) is 0 Å². The molecule has 0 heterocycles. The third-order valence-corrected chi connectivity index (χ3v) is 9.46. The second-order valence-electron chi connectivity index (χ2n) is 9.72. The fourth-order valence-corrected chi connectivity index (χ4v) is 8.47. The van der Waals surface area contributed by atoms with Gasteiger partial charge in [-0.25, -0.2) is 0 Å². The van der Waals surface area contributed by atoms with Gasteiger partial charge in [0.15, 0.2) is 0 Å². The minimum atomic E-state index is 0.716. The van der Waals surface area contributed by atoms with Crippen molar-refractivity contribution >= 4 is 0 Å². The first kappa shape index (κ1) is 16.5. The van der Waals surface area contributed by atoms with Gasteiger partial charge >= 0.3 is 0 Å². The average molecular weight is 317 g/mol. The van der Waals surface area contributed by atoms with Crippen LogP contribution in [0.25, 0.3) is 0 Å². The van der Waals surface area contributed by atoms with Crippen LogP contribution in [0, 0.1) is 40.9 Å². The predicted octanol–water partition coefficient (Wildman–Crippen LogP) is 7.23. The van der Waals surface area contributed by atoms with Crippen molar-refractivity contribution in [1.82, 2.24) is 0 Å². The molecule has 0 N–H and O–H groups in total. The van der Waals surface area contributed by atoms with Gasteiger partial charge in [-0.3, -0.25) is 0 Å². The molecule has 4 aliphatic carbocycles. The minimum absolute atomic E-state index is 0.716. The summed E-state index contributed by atoms with van der Waals surface area (Å²) in [7, 11) is 0. The van der Waals surface area contributed by atoms with E-state index in [1.807, 2.05) is 0 Å². The van der Waals surface area contributed by atoms with E-state index in [1.54, 1.807) is 51.4 Å². The highest BCUT2D eigenvalue weighted by molar-refractivity contribution is 5.04. The van der Waals surface area contributed by atoms with Crippen LogP contribution in [0.5, 0.6) is 0 Å². The molecule has 4 saturated carbocycles. The highest BCUT2D eigenvalue weighted by atomic mass is 14.6. The molecule has 0 radical (unpaired) electrons. The molecule has 0 saturated heterocycles. The van der Waals surface area contributed by atoms with Crippen molar-refractivity contribution in [3.05, 3.63) is 0 Å². The van der Waals surface area contributed by atoms with E-state index < -0.39 is 0 Å². The Labute approximate surface area is 145 Å². The molecule has 4 unspecified atom stereocenters. The zero-order valence-corrected chi connectivity index (χ0v) is 15.9. The van der Waals surface area contributed by atoms with Crippen LogP contribution >= 0.6 is 0 Å². The lowest BCUT2D eigenvalue weighted by atomic mass is 9.55. The molecule has 132 valence electrons. The molecule has 0 aromatic carbocycles. The Kier molecular flexibility index (Phi) is 4.81. The van der Waals surface area contributed by atoms with Gasteiger partial charge in [-0.2, -0.15) is 0 Å². The van der Waals surface area contributed by atoms with Gasteiger partial charge in [0.2, 0.25) is 0 Å². The third-order valence-electron chi connectivity index (χ3n) is 9.46. The Balaban J connectivity index is 1.61. The van der Waals surface area contributed by atoms with E-state index in [0.717, 1.165) is 35.5 Å². The summed E-state index contributed by atoms with van der Waals surface area (Å²) in [5.74, 6) is 6.66. The van der Waals surface area contributed by atoms with Crippen molar-refractivity contribution in [3.63, 3.8) is 0 Å². The van der Waals surface area contributed by atoms with E-state index in [-0.39, 0.29) is 0 Å². The molecule has 6 atom stereocenters. The van der Waals surface area contributed by atoms with E-state index in [0.29, 0.717) is 5.41 Å². The van der Waals surface area contributed by atoms with Gasteiger partial charge in [-0.15, -0.1) is 0 Å². The fraction of sp³-hybridized carbons (Fsp3) is 1.00.